The predicted octanol–water partition coefficient (Wildman–Crippen LogP) is 4.41. The van der Waals surface area contributed by atoms with Crippen molar-refractivity contribution in [2.45, 2.75) is 19.8 Å². The van der Waals surface area contributed by atoms with Crippen molar-refractivity contribution in [2.24, 2.45) is 5.92 Å². The van der Waals surface area contributed by atoms with Gasteiger partial charge in [0.25, 0.3) is 0 Å². The van der Waals surface area contributed by atoms with Gasteiger partial charge in [-0.3, -0.25) is 0 Å². The first kappa shape index (κ1) is 16.0. The second-order valence-electron chi connectivity index (χ2n) is 5.56. The second kappa shape index (κ2) is 7.58. The molecule has 0 fully saturated rings. The molecule has 1 nitrogen and oxygen atoms in total. The summed E-state index contributed by atoms with van der Waals surface area (Å²) in [5.41, 5.74) is 3.34. The predicted molar refractivity (Wildman–Crippen MR) is 87.4 cm³/mol. The van der Waals surface area contributed by atoms with Gasteiger partial charge in [0.05, 0.1) is 0 Å². The van der Waals surface area contributed by atoms with Crippen molar-refractivity contribution in [1.29, 1.82) is 0 Å². The van der Waals surface area contributed by atoms with Gasteiger partial charge in [-0.25, -0.2) is 4.39 Å². The molecule has 0 radical (unpaired) electrons. The van der Waals surface area contributed by atoms with Gasteiger partial charge in [0.15, 0.2) is 0 Å². The minimum Gasteiger partial charge on any atom is -0.319 e. The van der Waals surface area contributed by atoms with E-state index >= 15 is 0 Å². The number of benzene rings is 2. The van der Waals surface area contributed by atoms with Gasteiger partial charge >= 0.3 is 0 Å². The van der Waals surface area contributed by atoms with Crippen LogP contribution in [-0.2, 0) is 12.8 Å². The largest absolute Gasteiger partial charge is 0.319 e. The summed E-state index contributed by atoms with van der Waals surface area (Å²) < 4.78 is 13.3. The monoisotopic (exact) mass is 305 g/mol. The van der Waals surface area contributed by atoms with E-state index in [1.54, 1.807) is 12.1 Å². The van der Waals surface area contributed by atoms with Crippen molar-refractivity contribution in [3.05, 3.63) is 70.0 Å². The minimum absolute atomic E-state index is 0.177. The number of aryl methyl sites for hydroxylation is 1. The first-order valence-electron chi connectivity index (χ1n) is 7.22. The number of hydrogen-bond acceptors (Lipinski definition) is 1. The molecule has 0 saturated carbocycles. The molecular formula is C18H21ClFN. The van der Waals surface area contributed by atoms with Crippen LogP contribution in [0.3, 0.4) is 0 Å². The van der Waals surface area contributed by atoms with Crippen molar-refractivity contribution >= 4 is 11.6 Å². The number of nitrogens with one attached hydrogen (secondary N) is 1. The maximum Gasteiger partial charge on any atom is 0.123 e. The summed E-state index contributed by atoms with van der Waals surface area (Å²) in [5.74, 6) is 0.209. The molecule has 3 heteroatoms. The van der Waals surface area contributed by atoms with Crippen LogP contribution in [0.15, 0.2) is 42.5 Å². The Bertz CT molecular complexity index is 598. The number of hydrogen-bond donors (Lipinski definition) is 1. The Balaban J connectivity index is 2.11. The number of rotatable bonds is 6. The van der Waals surface area contributed by atoms with Crippen LogP contribution in [0.1, 0.15) is 16.7 Å². The molecule has 0 heterocycles. The molecule has 1 N–H and O–H groups in total. The van der Waals surface area contributed by atoms with Gasteiger partial charge in [0.1, 0.15) is 5.82 Å². The molecule has 2 aromatic carbocycles. The molecule has 0 spiro atoms. The zero-order valence-electron chi connectivity index (χ0n) is 12.5. The van der Waals surface area contributed by atoms with Crippen molar-refractivity contribution in [1.82, 2.24) is 5.32 Å². The Hall–Kier alpha value is -1.38. The van der Waals surface area contributed by atoms with Crippen LogP contribution < -0.4 is 5.32 Å². The van der Waals surface area contributed by atoms with Crippen LogP contribution in [0.2, 0.25) is 5.02 Å². The van der Waals surface area contributed by atoms with Crippen molar-refractivity contribution in [3.8, 4) is 0 Å². The van der Waals surface area contributed by atoms with E-state index < -0.39 is 0 Å². The molecule has 1 unspecified atom stereocenters. The summed E-state index contributed by atoms with van der Waals surface area (Å²) in [6.07, 6.45) is 1.72. The summed E-state index contributed by atoms with van der Waals surface area (Å²) in [4.78, 5) is 0. The lowest BCUT2D eigenvalue weighted by Gasteiger charge is -2.18. The zero-order valence-corrected chi connectivity index (χ0v) is 13.3. The molecule has 0 amide bonds. The third kappa shape index (κ3) is 4.83. The van der Waals surface area contributed by atoms with Crippen molar-refractivity contribution in [3.63, 3.8) is 0 Å². The molecule has 0 aliphatic heterocycles. The summed E-state index contributed by atoms with van der Waals surface area (Å²) in [6, 6.07) is 13.0. The lowest BCUT2D eigenvalue weighted by molar-refractivity contribution is 0.491. The first-order valence-corrected chi connectivity index (χ1v) is 7.60. The van der Waals surface area contributed by atoms with Crippen LogP contribution in [0, 0.1) is 18.7 Å². The summed E-state index contributed by atoms with van der Waals surface area (Å²) in [6.45, 7) is 2.91. The van der Waals surface area contributed by atoms with Gasteiger partial charge in [-0.1, -0.05) is 35.9 Å². The van der Waals surface area contributed by atoms with E-state index in [0.717, 1.165) is 35.5 Å². The van der Waals surface area contributed by atoms with Gasteiger partial charge in [-0.05, 0) is 74.2 Å². The fourth-order valence-electron chi connectivity index (χ4n) is 2.63. The van der Waals surface area contributed by atoms with Crippen LogP contribution in [0.5, 0.6) is 0 Å². The first-order chi connectivity index (χ1) is 10.1. The minimum atomic E-state index is -0.177. The highest BCUT2D eigenvalue weighted by Crippen LogP contribution is 2.22. The van der Waals surface area contributed by atoms with Gasteiger partial charge in [0, 0.05) is 5.02 Å². The van der Waals surface area contributed by atoms with E-state index in [1.807, 2.05) is 26.1 Å². The van der Waals surface area contributed by atoms with Crippen LogP contribution >= 0.6 is 11.6 Å². The molecule has 0 aromatic heterocycles. The van der Waals surface area contributed by atoms with Gasteiger partial charge in [-0.2, -0.15) is 0 Å². The average molecular weight is 306 g/mol. The lowest BCUT2D eigenvalue weighted by Crippen LogP contribution is -2.23. The SMILES string of the molecule is CNCC(Cc1cccc(F)c1)Cc1ccc(C)cc1Cl. The molecule has 0 bridgehead atoms. The lowest BCUT2D eigenvalue weighted by atomic mass is 9.92. The third-order valence-corrected chi connectivity index (χ3v) is 3.98. The molecule has 2 aromatic rings. The summed E-state index contributed by atoms with van der Waals surface area (Å²) >= 11 is 6.32. The average Bonchev–Trinajstić information content (AvgIpc) is 2.42. The second-order valence-corrected chi connectivity index (χ2v) is 5.96. The topological polar surface area (TPSA) is 12.0 Å². The van der Waals surface area contributed by atoms with Crippen molar-refractivity contribution < 1.29 is 4.39 Å². The quantitative estimate of drug-likeness (QED) is 0.833. The maximum absolute atomic E-state index is 13.3. The summed E-state index contributed by atoms with van der Waals surface area (Å²) in [5, 5.41) is 4.03. The molecule has 2 rings (SSSR count). The number of halogens is 2. The Labute approximate surface area is 131 Å². The Morgan fingerprint density at radius 2 is 1.95 bits per heavy atom. The molecular weight excluding hydrogens is 285 g/mol. The fraction of sp³-hybridized carbons (Fsp3) is 0.333. The van der Waals surface area contributed by atoms with Crippen LogP contribution in [-0.4, -0.2) is 13.6 Å². The van der Waals surface area contributed by atoms with E-state index in [1.165, 1.54) is 11.6 Å². The highest BCUT2D eigenvalue weighted by molar-refractivity contribution is 6.31. The normalized spacial score (nSPS) is 12.4. The highest BCUT2D eigenvalue weighted by atomic mass is 35.5. The van der Waals surface area contributed by atoms with Crippen LogP contribution in [0.25, 0.3) is 0 Å². The van der Waals surface area contributed by atoms with E-state index in [-0.39, 0.29) is 5.82 Å². The molecule has 0 aliphatic carbocycles. The Kier molecular flexibility index (Phi) is 5.77. The molecule has 0 saturated heterocycles. The molecule has 0 aliphatic rings. The van der Waals surface area contributed by atoms with E-state index in [2.05, 4.69) is 17.4 Å². The van der Waals surface area contributed by atoms with E-state index in [9.17, 15) is 4.39 Å². The standard InChI is InChI=1S/C18H21ClFN/c1-13-6-7-16(18(19)8-13)10-15(12-21-2)9-14-4-3-5-17(20)11-14/h3-8,11,15,21H,9-10,12H2,1-2H3. The summed E-state index contributed by atoms with van der Waals surface area (Å²) in [7, 11) is 1.94. The van der Waals surface area contributed by atoms with Crippen molar-refractivity contribution in [2.75, 3.05) is 13.6 Å². The van der Waals surface area contributed by atoms with Gasteiger partial charge in [0.2, 0.25) is 0 Å². The zero-order chi connectivity index (χ0) is 15.2. The van der Waals surface area contributed by atoms with Gasteiger partial charge < -0.3 is 5.32 Å². The Morgan fingerprint density at radius 1 is 1.14 bits per heavy atom. The molecule has 21 heavy (non-hydrogen) atoms. The highest BCUT2D eigenvalue weighted by Gasteiger charge is 2.12. The van der Waals surface area contributed by atoms with E-state index in [4.69, 9.17) is 11.6 Å². The van der Waals surface area contributed by atoms with Gasteiger partial charge in [-0.15, -0.1) is 0 Å². The third-order valence-electron chi connectivity index (χ3n) is 3.62. The van der Waals surface area contributed by atoms with Crippen LogP contribution in [0.4, 0.5) is 4.39 Å². The maximum atomic E-state index is 13.3. The smallest absolute Gasteiger partial charge is 0.123 e. The molecule has 112 valence electrons. The fourth-order valence-corrected chi connectivity index (χ4v) is 2.94. The Morgan fingerprint density at radius 3 is 2.62 bits per heavy atom. The van der Waals surface area contributed by atoms with E-state index in [0.29, 0.717) is 5.92 Å². The molecule has 1 atom stereocenters.